The van der Waals surface area contributed by atoms with Crippen molar-refractivity contribution in [3.8, 4) is 44.8 Å². The van der Waals surface area contributed by atoms with Crippen molar-refractivity contribution in [1.82, 2.24) is 19.9 Å². The van der Waals surface area contributed by atoms with Crippen molar-refractivity contribution in [3.63, 3.8) is 0 Å². The molecule has 178 valence electrons. The highest BCUT2D eigenvalue weighted by molar-refractivity contribution is 6.12. The van der Waals surface area contributed by atoms with E-state index in [1.807, 2.05) is 36.5 Å². The molecule has 4 aromatic heterocycles. The second-order valence-corrected chi connectivity index (χ2v) is 9.22. The van der Waals surface area contributed by atoms with Crippen molar-refractivity contribution in [1.29, 1.82) is 0 Å². The molecule has 0 aliphatic carbocycles. The van der Waals surface area contributed by atoms with Gasteiger partial charge in [-0.1, -0.05) is 54.6 Å². The lowest BCUT2D eigenvalue weighted by molar-refractivity contribution is 1.27. The Hall–Kier alpha value is -5.22. The van der Waals surface area contributed by atoms with Gasteiger partial charge in [0.15, 0.2) is 0 Å². The first-order valence-corrected chi connectivity index (χ1v) is 12.5. The molecular weight excluding hydrogens is 464 g/mol. The van der Waals surface area contributed by atoms with Crippen LogP contribution in [0.15, 0.2) is 134 Å². The van der Waals surface area contributed by atoms with E-state index in [0.717, 1.165) is 44.5 Å². The fourth-order valence-corrected chi connectivity index (χ4v) is 5.04. The third-order valence-electron chi connectivity index (χ3n) is 6.92. The molecule has 4 heteroatoms. The van der Waals surface area contributed by atoms with E-state index in [4.69, 9.17) is 4.98 Å². The Kier molecular flexibility index (Phi) is 5.41. The fourth-order valence-electron chi connectivity index (χ4n) is 5.04. The van der Waals surface area contributed by atoms with Gasteiger partial charge in [0.1, 0.15) is 0 Å². The van der Waals surface area contributed by atoms with Crippen LogP contribution in [0.4, 0.5) is 0 Å². The van der Waals surface area contributed by atoms with Crippen LogP contribution in [0.1, 0.15) is 0 Å². The van der Waals surface area contributed by atoms with Crippen LogP contribution in [0.3, 0.4) is 0 Å². The van der Waals surface area contributed by atoms with Crippen LogP contribution in [-0.2, 0) is 0 Å². The van der Waals surface area contributed by atoms with Crippen LogP contribution < -0.4 is 0 Å². The van der Waals surface area contributed by atoms with E-state index in [1.54, 1.807) is 24.8 Å². The zero-order valence-electron chi connectivity index (χ0n) is 20.5. The molecule has 3 aromatic carbocycles. The highest BCUT2D eigenvalue weighted by Crippen LogP contribution is 2.36. The molecule has 0 saturated carbocycles. The molecule has 0 unspecified atom stereocenters. The number of hydrogen-bond acceptors (Lipinski definition) is 4. The number of aromatic nitrogens is 4. The summed E-state index contributed by atoms with van der Waals surface area (Å²) in [5, 5.41) is 3.52. The van der Waals surface area contributed by atoms with Gasteiger partial charge >= 0.3 is 0 Å². The zero-order chi connectivity index (χ0) is 25.3. The molecule has 7 aromatic rings. The predicted molar refractivity (Wildman–Crippen MR) is 154 cm³/mol. The van der Waals surface area contributed by atoms with Gasteiger partial charge in [-0.2, -0.15) is 0 Å². The van der Waals surface area contributed by atoms with Crippen molar-refractivity contribution in [2.45, 2.75) is 0 Å². The molecule has 0 saturated heterocycles. The average molecular weight is 487 g/mol. The van der Waals surface area contributed by atoms with E-state index in [0.29, 0.717) is 0 Å². The summed E-state index contributed by atoms with van der Waals surface area (Å²) in [4.78, 5) is 18.0. The Morgan fingerprint density at radius 3 is 1.68 bits per heavy atom. The monoisotopic (exact) mass is 486 g/mol. The smallest absolute Gasteiger partial charge is 0.0780 e. The molecular formula is C34H22N4. The van der Waals surface area contributed by atoms with Crippen LogP contribution >= 0.6 is 0 Å². The van der Waals surface area contributed by atoms with Gasteiger partial charge in [0.25, 0.3) is 0 Å². The van der Waals surface area contributed by atoms with Crippen LogP contribution in [0.5, 0.6) is 0 Å². The molecule has 0 aliphatic heterocycles. The number of pyridine rings is 4. The van der Waals surface area contributed by atoms with Crippen LogP contribution in [0.25, 0.3) is 66.4 Å². The summed E-state index contributed by atoms with van der Waals surface area (Å²) >= 11 is 0. The quantitative estimate of drug-likeness (QED) is 0.235. The van der Waals surface area contributed by atoms with E-state index in [2.05, 4.69) is 87.7 Å². The summed E-state index contributed by atoms with van der Waals surface area (Å²) in [6.45, 7) is 0. The second-order valence-electron chi connectivity index (χ2n) is 9.22. The summed E-state index contributed by atoms with van der Waals surface area (Å²) in [5.41, 5.74) is 9.54. The Bertz CT molecular complexity index is 1840. The van der Waals surface area contributed by atoms with E-state index in [-0.39, 0.29) is 0 Å². The molecule has 4 heterocycles. The number of fused-ring (bicyclic) bond motifs is 3. The minimum atomic E-state index is 0.911. The summed E-state index contributed by atoms with van der Waals surface area (Å²) < 4.78 is 0. The van der Waals surface area contributed by atoms with Crippen LogP contribution in [0.2, 0.25) is 0 Å². The molecule has 0 atom stereocenters. The van der Waals surface area contributed by atoms with Crippen molar-refractivity contribution < 1.29 is 0 Å². The molecule has 0 fully saturated rings. The second kappa shape index (κ2) is 9.34. The highest BCUT2D eigenvalue weighted by Gasteiger charge is 2.12. The van der Waals surface area contributed by atoms with E-state index in [9.17, 15) is 0 Å². The van der Waals surface area contributed by atoms with Gasteiger partial charge in [0.05, 0.1) is 16.9 Å². The van der Waals surface area contributed by atoms with E-state index in [1.165, 1.54) is 21.9 Å². The largest absolute Gasteiger partial charge is 0.265 e. The number of benzene rings is 3. The van der Waals surface area contributed by atoms with Gasteiger partial charge in [0, 0.05) is 52.9 Å². The topological polar surface area (TPSA) is 51.6 Å². The van der Waals surface area contributed by atoms with Crippen molar-refractivity contribution >= 4 is 21.7 Å². The van der Waals surface area contributed by atoms with Gasteiger partial charge in [-0.15, -0.1) is 0 Å². The third kappa shape index (κ3) is 3.98. The third-order valence-corrected chi connectivity index (χ3v) is 6.92. The van der Waals surface area contributed by atoms with Gasteiger partial charge in [-0.3, -0.25) is 15.0 Å². The Balaban J connectivity index is 1.35. The summed E-state index contributed by atoms with van der Waals surface area (Å²) in [6.07, 6.45) is 9.06. The van der Waals surface area contributed by atoms with Crippen molar-refractivity contribution in [3.05, 3.63) is 134 Å². The van der Waals surface area contributed by atoms with Gasteiger partial charge in [0.2, 0.25) is 0 Å². The Labute approximate surface area is 220 Å². The first kappa shape index (κ1) is 22.0. The van der Waals surface area contributed by atoms with Gasteiger partial charge in [-0.25, -0.2) is 4.98 Å². The van der Waals surface area contributed by atoms with Crippen molar-refractivity contribution in [2.24, 2.45) is 0 Å². The fraction of sp³-hybridized carbons (Fsp3) is 0. The normalized spacial score (nSPS) is 11.2. The Morgan fingerprint density at radius 1 is 0.421 bits per heavy atom. The Morgan fingerprint density at radius 2 is 1.03 bits per heavy atom. The molecule has 0 bridgehead atoms. The standard InChI is InChI=1S/C34H22N4/c1-2-6-30-29(5-1)31(20-27-4-3-15-37-34(27)30)24-9-7-23(8-10-24)28-21-32(25-11-16-35-17-12-25)38-33(22-28)26-13-18-36-19-14-26/h1-22H. The molecule has 0 spiro atoms. The summed E-state index contributed by atoms with van der Waals surface area (Å²) in [7, 11) is 0. The molecule has 0 N–H and O–H groups in total. The lowest BCUT2D eigenvalue weighted by Crippen LogP contribution is -1.92. The summed E-state index contributed by atoms with van der Waals surface area (Å²) in [5.74, 6) is 0. The molecule has 0 amide bonds. The van der Waals surface area contributed by atoms with E-state index < -0.39 is 0 Å². The van der Waals surface area contributed by atoms with Crippen molar-refractivity contribution in [2.75, 3.05) is 0 Å². The maximum absolute atomic E-state index is 4.97. The van der Waals surface area contributed by atoms with E-state index >= 15 is 0 Å². The minimum absolute atomic E-state index is 0.911. The lowest BCUT2D eigenvalue weighted by Gasteiger charge is -2.12. The van der Waals surface area contributed by atoms with Gasteiger partial charge < -0.3 is 0 Å². The lowest BCUT2D eigenvalue weighted by atomic mass is 9.93. The maximum Gasteiger partial charge on any atom is 0.0780 e. The minimum Gasteiger partial charge on any atom is -0.265 e. The van der Waals surface area contributed by atoms with Crippen LogP contribution in [-0.4, -0.2) is 19.9 Å². The molecule has 7 rings (SSSR count). The molecule has 0 aliphatic rings. The van der Waals surface area contributed by atoms with Gasteiger partial charge in [-0.05, 0) is 76.2 Å². The molecule has 4 nitrogen and oxygen atoms in total. The average Bonchev–Trinajstić information content (AvgIpc) is 3.01. The first-order chi connectivity index (χ1) is 18.8. The predicted octanol–water partition coefficient (Wildman–Crippen LogP) is 8.24. The number of hydrogen-bond donors (Lipinski definition) is 0. The maximum atomic E-state index is 4.97. The summed E-state index contributed by atoms with van der Waals surface area (Å²) in [6, 6.07) is 35.9. The number of rotatable bonds is 4. The zero-order valence-corrected chi connectivity index (χ0v) is 20.5. The van der Waals surface area contributed by atoms with Crippen LogP contribution in [0, 0.1) is 0 Å². The SMILES string of the molecule is c1cnc2c(c1)cc(-c1ccc(-c3cc(-c4ccncc4)nc(-c4ccncc4)c3)cc1)c1ccccc12. The highest BCUT2D eigenvalue weighted by atomic mass is 14.7. The number of nitrogens with zero attached hydrogens (tertiary/aromatic N) is 4. The first-order valence-electron chi connectivity index (χ1n) is 12.5. The molecule has 0 radical (unpaired) electrons. The molecule has 38 heavy (non-hydrogen) atoms.